The van der Waals surface area contributed by atoms with E-state index in [2.05, 4.69) is 27.9 Å². The number of carbonyl (C=O) groups is 1. The molecule has 3 heterocycles. The summed E-state index contributed by atoms with van der Waals surface area (Å²) in [6.07, 6.45) is 3.30. The summed E-state index contributed by atoms with van der Waals surface area (Å²) >= 11 is 0. The Bertz CT molecular complexity index is 1120. The number of hydrogen-bond acceptors (Lipinski definition) is 4. The minimum absolute atomic E-state index is 0. The topological polar surface area (TPSA) is 84.0 Å². The van der Waals surface area contributed by atoms with Crippen LogP contribution in [0.3, 0.4) is 0 Å². The molecule has 6 nitrogen and oxygen atoms in total. The van der Waals surface area contributed by atoms with Crippen molar-refractivity contribution in [3.8, 4) is 22.6 Å². The van der Waals surface area contributed by atoms with Crippen molar-refractivity contribution >= 4 is 17.4 Å². The summed E-state index contributed by atoms with van der Waals surface area (Å²) in [5.74, 6) is -0.346. The monoisotopic (exact) mass is 688 g/mol. The number of carbonyl (C=O) groups excluding carboxylic acids is 1. The predicted octanol–water partition coefficient (Wildman–Crippen LogP) is 3.95. The second-order valence-electron chi connectivity index (χ2n) is 5.43. The molecule has 0 saturated heterocycles. The van der Waals surface area contributed by atoms with Crippen LogP contribution in [0.15, 0.2) is 54.9 Å². The van der Waals surface area contributed by atoms with E-state index in [4.69, 9.17) is 5.73 Å². The molecule has 3 aromatic heterocycles. The molecule has 4 aromatic rings. The van der Waals surface area contributed by atoms with Crippen molar-refractivity contribution in [1.29, 1.82) is 0 Å². The van der Waals surface area contributed by atoms with Crippen LogP contribution < -0.4 is 0 Å². The Morgan fingerprint density at radius 3 is 2.61 bits per heavy atom. The Labute approximate surface area is 227 Å². The van der Waals surface area contributed by atoms with Crippen LogP contribution in [0, 0.1) is 13.0 Å². The summed E-state index contributed by atoms with van der Waals surface area (Å²) in [6.45, 7) is 3.46. The number of pyridine rings is 1. The minimum Gasteiger partial charge on any atom is -0.411 e. The van der Waals surface area contributed by atoms with Crippen molar-refractivity contribution in [3.63, 3.8) is 0 Å². The summed E-state index contributed by atoms with van der Waals surface area (Å²) < 4.78 is 1.88. The molecule has 0 amide bonds. The van der Waals surface area contributed by atoms with Crippen molar-refractivity contribution < 1.29 is 91.3 Å². The molecule has 0 aliphatic carbocycles. The van der Waals surface area contributed by atoms with Crippen LogP contribution in [-0.4, -0.2) is 25.1 Å². The molecular weight excluding hydrogens is 676 g/mol. The van der Waals surface area contributed by atoms with Crippen LogP contribution in [-0.2, 0) is 86.5 Å². The van der Waals surface area contributed by atoms with Gasteiger partial charge in [-0.25, -0.2) is 11.1 Å². The summed E-state index contributed by atoms with van der Waals surface area (Å²) in [4.78, 5) is 24.2. The number of benzene rings is 1. The third-order valence-corrected chi connectivity index (χ3v) is 3.82. The fraction of sp³-hybridized carbons (Fsp3) is 0. The second kappa shape index (κ2) is 10.8. The first kappa shape index (κ1) is 25.3. The average Bonchev–Trinajstić information content (AvgIpc) is 3.01. The van der Waals surface area contributed by atoms with Crippen molar-refractivity contribution in [2.24, 2.45) is 0 Å². The van der Waals surface area contributed by atoms with Crippen molar-refractivity contribution in [2.45, 2.75) is 0 Å². The molecule has 0 atom stereocenters. The first-order chi connectivity index (χ1) is 12.1. The van der Waals surface area contributed by atoms with Crippen LogP contribution in [0.2, 0.25) is 0 Å². The van der Waals surface area contributed by atoms with Gasteiger partial charge in [-0.05, 0) is 23.9 Å². The fourth-order valence-corrected chi connectivity index (χ4v) is 2.71. The number of Topliss-reactive ketones (excluding diaryl/α,β-unsaturated/α-hetero) is 1. The molecule has 9 heteroatoms. The van der Waals surface area contributed by atoms with E-state index in [9.17, 15) is 4.79 Å². The van der Waals surface area contributed by atoms with E-state index in [1.165, 1.54) is 6.20 Å². The second-order valence-corrected chi connectivity index (χ2v) is 5.43. The van der Waals surface area contributed by atoms with Gasteiger partial charge in [0.2, 0.25) is 0 Å². The first-order valence-electron chi connectivity index (χ1n) is 7.54. The molecule has 0 saturated carbocycles. The van der Waals surface area contributed by atoms with Crippen LogP contribution in [0.5, 0.6) is 0 Å². The predicted molar refractivity (Wildman–Crippen MR) is 94.2 cm³/mol. The quantitative estimate of drug-likeness (QED) is 0.241. The summed E-state index contributed by atoms with van der Waals surface area (Å²) in [6, 6.07) is 15.8. The molecule has 0 spiro atoms. The van der Waals surface area contributed by atoms with Crippen LogP contribution in [0.4, 0.5) is 5.95 Å². The zero-order valence-corrected chi connectivity index (χ0v) is 23.3. The summed E-state index contributed by atoms with van der Waals surface area (Å²) in [5, 5.41) is 0. The maximum atomic E-state index is 11.6. The van der Waals surface area contributed by atoms with Crippen molar-refractivity contribution in [3.05, 3.63) is 79.1 Å². The molecule has 0 bridgehead atoms. The number of rotatable bonds is 3. The largest absolute Gasteiger partial charge is 0.411 e. The van der Waals surface area contributed by atoms with Crippen LogP contribution in [0.25, 0.3) is 34.0 Å². The third kappa shape index (κ3) is 5.04. The number of nitrogens with zero attached hydrogens (tertiary/aromatic N) is 4. The molecule has 1 aromatic carbocycles. The molecule has 0 aliphatic heterocycles. The molecular formula is C19H12N5OWY2-3. The number of aromatic nitrogens is 4. The van der Waals surface area contributed by atoms with E-state index >= 15 is 0 Å². The van der Waals surface area contributed by atoms with Gasteiger partial charge in [-0.15, -0.1) is 23.9 Å². The van der Waals surface area contributed by atoms with Gasteiger partial charge in [0.05, 0.1) is 0 Å². The molecule has 0 unspecified atom stereocenters. The Kier molecular flexibility index (Phi) is 9.79. The molecule has 1 N–H and O–H groups in total. The minimum atomic E-state index is -0.255. The summed E-state index contributed by atoms with van der Waals surface area (Å²) in [5.41, 5.74) is 11.5. The van der Waals surface area contributed by atoms with Crippen molar-refractivity contribution in [2.75, 3.05) is 0 Å². The number of fused-ring (bicyclic) bond motifs is 1. The Morgan fingerprint density at radius 1 is 1.11 bits per heavy atom. The van der Waals surface area contributed by atoms with Gasteiger partial charge in [0.1, 0.15) is 5.65 Å². The zero-order chi connectivity index (χ0) is 17.4. The van der Waals surface area contributed by atoms with Crippen LogP contribution in [0.1, 0.15) is 10.4 Å². The molecule has 0 fully saturated rings. The first-order valence-corrected chi connectivity index (χ1v) is 7.54. The van der Waals surface area contributed by atoms with Crippen molar-refractivity contribution in [1.82, 2.24) is 19.4 Å². The van der Waals surface area contributed by atoms with Gasteiger partial charge in [-0.2, -0.15) is 12.6 Å². The van der Waals surface area contributed by atoms with E-state index in [1.54, 1.807) is 18.2 Å². The average molecular weight is 688 g/mol. The standard InChI is InChI=1S/C19H12N5O.W.2Y/c1-12(25)13-5-4-6-14(11-13)17-18(15-8-9-21-19(20)22-15)24-10-3-2-7-16(24)23-17;;;/h2-7,9-11H,1H2,(H-,20,21,22);;;/q-3;;;. The van der Waals surface area contributed by atoms with Gasteiger partial charge in [-0.1, -0.05) is 23.9 Å². The molecule has 28 heavy (non-hydrogen) atoms. The van der Waals surface area contributed by atoms with Gasteiger partial charge >= 0.3 is 0 Å². The molecule has 2 radical (unpaired) electrons. The normalized spacial score (nSPS) is 9.71. The maximum Gasteiger partial charge on any atom is 0.119 e. The summed E-state index contributed by atoms with van der Waals surface area (Å²) in [7, 11) is 0. The van der Waals surface area contributed by atoms with E-state index in [0.717, 1.165) is 11.2 Å². The maximum absolute atomic E-state index is 11.6. The number of hydrogen-bond donors (Lipinski definition) is 0. The van der Waals surface area contributed by atoms with Gasteiger partial charge < -0.3 is 24.9 Å². The van der Waals surface area contributed by atoms with E-state index in [1.807, 2.05) is 34.9 Å². The molecule has 4 rings (SSSR count). The fourth-order valence-electron chi connectivity index (χ4n) is 2.71. The number of nitrogens with one attached hydrogen (secondary N) is 1. The molecule has 0 aliphatic rings. The van der Waals surface area contributed by atoms with E-state index in [0.29, 0.717) is 22.6 Å². The Balaban J connectivity index is 0.00000131. The van der Waals surface area contributed by atoms with Gasteiger partial charge in [0, 0.05) is 104 Å². The number of imidazole rings is 1. The third-order valence-electron chi connectivity index (χ3n) is 3.82. The van der Waals surface area contributed by atoms with Gasteiger partial charge in [-0.3, -0.25) is 0 Å². The van der Waals surface area contributed by atoms with Gasteiger partial charge in [0.25, 0.3) is 0 Å². The zero-order valence-electron chi connectivity index (χ0n) is 14.7. The molecule has 134 valence electrons. The van der Waals surface area contributed by atoms with Crippen LogP contribution >= 0.6 is 0 Å². The number of ketones is 1. The van der Waals surface area contributed by atoms with Gasteiger partial charge in [0.15, 0.2) is 0 Å². The Hall–Kier alpha value is -0.774. The van der Waals surface area contributed by atoms with E-state index < -0.39 is 0 Å². The van der Waals surface area contributed by atoms with E-state index in [-0.39, 0.29) is 98.2 Å². The smallest absolute Gasteiger partial charge is 0.119 e. The SMILES string of the molecule is [CH2-]C(=O)c1cccc(-c2nc3ccccn3c2-c2[c-]cnc([NH-])n2)c1.[W].[Y].[Y]. The Morgan fingerprint density at radius 2 is 1.89 bits per heavy atom.